The summed E-state index contributed by atoms with van der Waals surface area (Å²) in [5.41, 5.74) is 3.32. The number of pyridine rings is 1. The molecule has 0 unspecified atom stereocenters. The first-order valence-electron chi connectivity index (χ1n) is 6.64. The third-order valence-electron chi connectivity index (χ3n) is 2.77. The number of carbonyl (C=O) groups is 1. The number of rotatable bonds is 4. The summed E-state index contributed by atoms with van der Waals surface area (Å²) in [6.45, 7) is 6.09. The van der Waals surface area contributed by atoms with Gasteiger partial charge in [0.15, 0.2) is 0 Å². The van der Waals surface area contributed by atoms with Gasteiger partial charge in [-0.1, -0.05) is 17.7 Å². The van der Waals surface area contributed by atoms with E-state index in [0.717, 1.165) is 16.9 Å². The van der Waals surface area contributed by atoms with Crippen molar-refractivity contribution in [3.8, 4) is 0 Å². The van der Waals surface area contributed by atoms with E-state index >= 15 is 0 Å². The van der Waals surface area contributed by atoms with Crippen molar-refractivity contribution in [1.82, 2.24) is 4.98 Å². The molecular formula is C16H19N3O. The second-order valence-electron chi connectivity index (χ2n) is 5.08. The van der Waals surface area contributed by atoms with Gasteiger partial charge in [0.05, 0.1) is 11.3 Å². The number of benzene rings is 1. The topological polar surface area (TPSA) is 54.0 Å². The lowest BCUT2D eigenvalue weighted by molar-refractivity contribution is 0.102. The Bertz CT molecular complexity index is 591. The summed E-state index contributed by atoms with van der Waals surface area (Å²) in [4.78, 5) is 16.2. The second-order valence-corrected chi connectivity index (χ2v) is 5.08. The molecule has 0 radical (unpaired) electrons. The molecule has 1 amide bonds. The summed E-state index contributed by atoms with van der Waals surface area (Å²) in [7, 11) is 0. The van der Waals surface area contributed by atoms with Gasteiger partial charge >= 0.3 is 0 Å². The second kappa shape index (κ2) is 6.19. The van der Waals surface area contributed by atoms with Crippen molar-refractivity contribution in [2.75, 3.05) is 10.6 Å². The van der Waals surface area contributed by atoms with Gasteiger partial charge in [-0.05, 0) is 39.0 Å². The molecule has 0 atom stereocenters. The minimum Gasteiger partial charge on any atom is -0.382 e. The zero-order chi connectivity index (χ0) is 14.5. The predicted molar refractivity (Wildman–Crippen MR) is 82.1 cm³/mol. The summed E-state index contributed by atoms with van der Waals surface area (Å²) in [6.07, 6.45) is 3.28. The first kappa shape index (κ1) is 14.1. The fourth-order valence-electron chi connectivity index (χ4n) is 1.82. The first-order chi connectivity index (χ1) is 9.54. The Hall–Kier alpha value is -2.36. The fourth-order valence-corrected chi connectivity index (χ4v) is 1.82. The number of aryl methyl sites for hydroxylation is 1. The number of nitrogens with zero attached hydrogens (tertiary/aromatic N) is 1. The van der Waals surface area contributed by atoms with E-state index in [-0.39, 0.29) is 5.91 Å². The summed E-state index contributed by atoms with van der Waals surface area (Å²) >= 11 is 0. The van der Waals surface area contributed by atoms with Crippen molar-refractivity contribution in [2.45, 2.75) is 26.8 Å². The molecule has 0 spiro atoms. The van der Waals surface area contributed by atoms with Crippen molar-refractivity contribution in [3.05, 3.63) is 53.9 Å². The largest absolute Gasteiger partial charge is 0.382 e. The molecule has 0 bridgehead atoms. The van der Waals surface area contributed by atoms with Crippen LogP contribution in [-0.4, -0.2) is 16.9 Å². The van der Waals surface area contributed by atoms with E-state index in [1.807, 2.05) is 45.0 Å². The van der Waals surface area contributed by atoms with Crippen molar-refractivity contribution < 1.29 is 4.79 Å². The van der Waals surface area contributed by atoms with Crippen molar-refractivity contribution >= 4 is 17.3 Å². The molecule has 0 saturated carbocycles. The molecule has 0 fully saturated rings. The molecule has 1 aromatic carbocycles. The standard InChI is InChI=1S/C16H19N3O/c1-11(2)18-15-8-13(9-17-10-15)16(20)19-14-6-4-12(3)5-7-14/h4-11,18H,1-3H3,(H,19,20). The van der Waals surface area contributed by atoms with Crippen LogP contribution in [0.5, 0.6) is 0 Å². The molecule has 0 aliphatic heterocycles. The lowest BCUT2D eigenvalue weighted by Crippen LogP contribution is -2.14. The molecule has 2 rings (SSSR count). The van der Waals surface area contributed by atoms with Crippen LogP contribution in [-0.2, 0) is 0 Å². The van der Waals surface area contributed by atoms with E-state index in [9.17, 15) is 4.79 Å². The van der Waals surface area contributed by atoms with Crippen LogP contribution in [0.3, 0.4) is 0 Å². The van der Waals surface area contributed by atoms with Crippen molar-refractivity contribution in [1.29, 1.82) is 0 Å². The smallest absolute Gasteiger partial charge is 0.257 e. The molecule has 4 heteroatoms. The number of anilines is 2. The normalized spacial score (nSPS) is 10.4. The number of hydrogen-bond donors (Lipinski definition) is 2. The maximum Gasteiger partial charge on any atom is 0.257 e. The average Bonchev–Trinajstić information content (AvgIpc) is 2.41. The third-order valence-corrected chi connectivity index (χ3v) is 2.77. The average molecular weight is 269 g/mol. The van der Waals surface area contributed by atoms with Gasteiger partial charge in [0, 0.05) is 24.1 Å². The van der Waals surface area contributed by atoms with E-state index in [1.165, 1.54) is 0 Å². The number of hydrogen-bond acceptors (Lipinski definition) is 3. The molecule has 0 saturated heterocycles. The van der Waals surface area contributed by atoms with Gasteiger partial charge in [-0.25, -0.2) is 0 Å². The van der Waals surface area contributed by atoms with Crippen molar-refractivity contribution in [2.24, 2.45) is 0 Å². The summed E-state index contributed by atoms with van der Waals surface area (Å²) in [5, 5.41) is 6.09. The van der Waals surface area contributed by atoms with Crippen LogP contribution in [0.2, 0.25) is 0 Å². The Balaban J connectivity index is 2.10. The van der Waals surface area contributed by atoms with Crippen molar-refractivity contribution in [3.63, 3.8) is 0 Å². The Morgan fingerprint density at radius 1 is 1.10 bits per heavy atom. The van der Waals surface area contributed by atoms with E-state index in [1.54, 1.807) is 18.5 Å². The van der Waals surface area contributed by atoms with E-state index in [0.29, 0.717) is 11.6 Å². The maximum atomic E-state index is 12.2. The quantitative estimate of drug-likeness (QED) is 0.893. The van der Waals surface area contributed by atoms with E-state index < -0.39 is 0 Å². The van der Waals surface area contributed by atoms with E-state index in [2.05, 4.69) is 15.6 Å². The Morgan fingerprint density at radius 3 is 2.45 bits per heavy atom. The highest BCUT2D eigenvalue weighted by atomic mass is 16.1. The highest BCUT2D eigenvalue weighted by Gasteiger charge is 2.08. The Kier molecular flexibility index (Phi) is 4.35. The van der Waals surface area contributed by atoms with Gasteiger partial charge < -0.3 is 10.6 Å². The molecule has 1 aromatic heterocycles. The SMILES string of the molecule is Cc1ccc(NC(=O)c2cncc(NC(C)C)c2)cc1. The van der Waals surface area contributed by atoms with Crippen LogP contribution in [0.1, 0.15) is 29.8 Å². The molecule has 4 nitrogen and oxygen atoms in total. The van der Waals surface area contributed by atoms with Gasteiger partial charge in [-0.15, -0.1) is 0 Å². The van der Waals surface area contributed by atoms with Gasteiger partial charge in [0.2, 0.25) is 0 Å². The zero-order valence-electron chi connectivity index (χ0n) is 12.0. The number of aromatic nitrogens is 1. The van der Waals surface area contributed by atoms with Crippen LogP contribution in [0.25, 0.3) is 0 Å². The Morgan fingerprint density at radius 2 is 1.80 bits per heavy atom. The highest BCUT2D eigenvalue weighted by molar-refractivity contribution is 6.04. The van der Waals surface area contributed by atoms with Gasteiger partial charge in [0.1, 0.15) is 0 Å². The molecular weight excluding hydrogens is 250 g/mol. The molecule has 2 N–H and O–H groups in total. The number of amides is 1. The van der Waals surface area contributed by atoms with Gasteiger partial charge in [-0.2, -0.15) is 0 Å². The van der Waals surface area contributed by atoms with Crippen LogP contribution < -0.4 is 10.6 Å². The Labute approximate surface area is 119 Å². The third kappa shape index (κ3) is 3.82. The lowest BCUT2D eigenvalue weighted by Gasteiger charge is -2.11. The van der Waals surface area contributed by atoms with Crippen LogP contribution in [0.4, 0.5) is 11.4 Å². The van der Waals surface area contributed by atoms with Crippen LogP contribution >= 0.6 is 0 Å². The van der Waals surface area contributed by atoms with Crippen LogP contribution in [0, 0.1) is 6.92 Å². The predicted octanol–water partition coefficient (Wildman–Crippen LogP) is 3.46. The van der Waals surface area contributed by atoms with E-state index in [4.69, 9.17) is 0 Å². The lowest BCUT2D eigenvalue weighted by atomic mass is 10.2. The number of carbonyl (C=O) groups excluding carboxylic acids is 1. The zero-order valence-corrected chi connectivity index (χ0v) is 12.0. The minimum absolute atomic E-state index is 0.159. The highest BCUT2D eigenvalue weighted by Crippen LogP contribution is 2.13. The molecule has 20 heavy (non-hydrogen) atoms. The van der Waals surface area contributed by atoms with Crippen LogP contribution in [0.15, 0.2) is 42.7 Å². The monoisotopic (exact) mass is 269 g/mol. The first-order valence-corrected chi connectivity index (χ1v) is 6.64. The summed E-state index contributed by atoms with van der Waals surface area (Å²) in [6, 6.07) is 9.80. The molecule has 1 heterocycles. The minimum atomic E-state index is -0.159. The molecule has 0 aliphatic carbocycles. The molecule has 2 aromatic rings. The molecule has 0 aliphatic rings. The fraction of sp³-hybridized carbons (Fsp3) is 0.250. The van der Waals surface area contributed by atoms with Gasteiger partial charge in [0.25, 0.3) is 5.91 Å². The maximum absolute atomic E-state index is 12.2. The molecule has 104 valence electrons. The number of nitrogens with one attached hydrogen (secondary N) is 2. The summed E-state index contributed by atoms with van der Waals surface area (Å²) in [5.74, 6) is -0.159. The summed E-state index contributed by atoms with van der Waals surface area (Å²) < 4.78 is 0. The van der Waals surface area contributed by atoms with Gasteiger partial charge in [-0.3, -0.25) is 9.78 Å².